The molecule has 0 radical (unpaired) electrons. The smallest absolute Gasteiger partial charge is 0.330 e. The minimum absolute atomic E-state index is 0.0718. The van der Waals surface area contributed by atoms with Crippen molar-refractivity contribution in [3.63, 3.8) is 0 Å². The first-order chi connectivity index (χ1) is 8.04. The van der Waals surface area contributed by atoms with Crippen LogP contribution < -0.4 is 11.2 Å². The standard InChI is InChI=1S/C10H11FN2O4/c1-5-2-13(10(16)12-8(5)15)9-7(11)6(3-14)4-17-9/h2,9,14H,3-4H2,1H3,(H,12,15,16)/t9-/m1/s1. The van der Waals surface area contributed by atoms with Crippen LogP contribution in [0.1, 0.15) is 11.8 Å². The van der Waals surface area contributed by atoms with E-state index in [0.717, 1.165) is 4.57 Å². The first-order valence-electron chi connectivity index (χ1n) is 4.96. The number of nitrogens with one attached hydrogen (secondary N) is 1. The lowest BCUT2D eigenvalue weighted by molar-refractivity contribution is 0.0495. The molecule has 0 aromatic carbocycles. The van der Waals surface area contributed by atoms with Gasteiger partial charge >= 0.3 is 5.69 Å². The molecule has 6 nitrogen and oxygen atoms in total. The zero-order valence-corrected chi connectivity index (χ0v) is 9.07. The van der Waals surface area contributed by atoms with Gasteiger partial charge in [-0.1, -0.05) is 0 Å². The minimum atomic E-state index is -1.21. The topological polar surface area (TPSA) is 84.3 Å². The molecule has 2 N–H and O–H groups in total. The molecule has 0 saturated carbocycles. The molecule has 2 heterocycles. The Hall–Kier alpha value is -1.73. The number of hydrogen-bond donors (Lipinski definition) is 2. The summed E-state index contributed by atoms with van der Waals surface area (Å²) in [5.74, 6) is -0.693. The molecule has 0 saturated heterocycles. The van der Waals surface area contributed by atoms with Crippen molar-refractivity contribution in [1.82, 2.24) is 9.55 Å². The molecule has 92 valence electrons. The van der Waals surface area contributed by atoms with Crippen LogP contribution in [-0.2, 0) is 4.74 Å². The molecule has 7 heteroatoms. The maximum atomic E-state index is 13.7. The van der Waals surface area contributed by atoms with Crippen LogP contribution in [0.25, 0.3) is 0 Å². The number of H-pyrrole nitrogens is 1. The van der Waals surface area contributed by atoms with E-state index < -0.39 is 29.9 Å². The Kier molecular flexibility index (Phi) is 2.95. The monoisotopic (exact) mass is 242 g/mol. The lowest BCUT2D eigenvalue weighted by Crippen LogP contribution is -2.33. The highest BCUT2D eigenvalue weighted by molar-refractivity contribution is 5.17. The van der Waals surface area contributed by atoms with Crippen molar-refractivity contribution in [3.8, 4) is 0 Å². The number of aliphatic hydroxyl groups excluding tert-OH is 1. The molecule has 0 amide bonds. The highest BCUT2D eigenvalue weighted by atomic mass is 19.1. The molecule has 1 aromatic heterocycles. The SMILES string of the molecule is Cc1cn([C@@H]2OCC(CO)=C2F)c(=O)[nH]c1=O. The van der Waals surface area contributed by atoms with Crippen molar-refractivity contribution < 1.29 is 14.2 Å². The van der Waals surface area contributed by atoms with Crippen molar-refractivity contribution in [3.05, 3.63) is 44.0 Å². The van der Waals surface area contributed by atoms with Gasteiger partial charge in [-0.25, -0.2) is 9.18 Å². The molecule has 1 aliphatic heterocycles. The second-order valence-electron chi connectivity index (χ2n) is 3.75. The fraction of sp³-hybridized carbons (Fsp3) is 0.400. The van der Waals surface area contributed by atoms with Crippen LogP contribution in [0.3, 0.4) is 0 Å². The fourth-order valence-electron chi connectivity index (χ4n) is 1.58. The van der Waals surface area contributed by atoms with Crippen LogP contribution in [-0.4, -0.2) is 27.9 Å². The van der Waals surface area contributed by atoms with Crippen LogP contribution in [0.5, 0.6) is 0 Å². The summed E-state index contributed by atoms with van der Waals surface area (Å²) in [6.45, 7) is 0.968. The Bertz CT molecular complexity index is 587. The quantitative estimate of drug-likeness (QED) is 0.738. The third kappa shape index (κ3) is 1.94. The van der Waals surface area contributed by atoms with Crippen LogP contribution in [0.15, 0.2) is 27.2 Å². The molecule has 0 spiro atoms. The van der Waals surface area contributed by atoms with Gasteiger partial charge in [-0.15, -0.1) is 0 Å². The van der Waals surface area contributed by atoms with Crippen LogP contribution in [0.4, 0.5) is 4.39 Å². The largest absolute Gasteiger partial charge is 0.392 e. The van der Waals surface area contributed by atoms with Gasteiger partial charge < -0.3 is 9.84 Å². The van der Waals surface area contributed by atoms with E-state index >= 15 is 0 Å². The summed E-state index contributed by atoms with van der Waals surface area (Å²) in [6.07, 6.45) is 0.0198. The van der Waals surface area contributed by atoms with Gasteiger partial charge in [0.2, 0.25) is 0 Å². The molecule has 0 aliphatic carbocycles. The third-order valence-electron chi connectivity index (χ3n) is 2.56. The number of ether oxygens (including phenoxy) is 1. The number of aromatic amines is 1. The lowest BCUT2D eigenvalue weighted by atomic mass is 10.3. The van der Waals surface area contributed by atoms with Gasteiger partial charge in [-0.3, -0.25) is 14.3 Å². The molecule has 2 rings (SSSR count). The van der Waals surface area contributed by atoms with Crippen molar-refractivity contribution in [2.75, 3.05) is 13.2 Å². The van der Waals surface area contributed by atoms with Crippen LogP contribution >= 0.6 is 0 Å². The Balaban J connectivity index is 2.50. The summed E-state index contributed by atoms with van der Waals surface area (Å²) >= 11 is 0. The molecular weight excluding hydrogens is 231 g/mol. The highest BCUT2D eigenvalue weighted by Crippen LogP contribution is 2.29. The van der Waals surface area contributed by atoms with E-state index in [4.69, 9.17) is 9.84 Å². The van der Waals surface area contributed by atoms with Crippen molar-refractivity contribution >= 4 is 0 Å². The number of rotatable bonds is 2. The van der Waals surface area contributed by atoms with E-state index in [-0.39, 0.29) is 17.7 Å². The Morgan fingerprint density at radius 2 is 2.35 bits per heavy atom. The average molecular weight is 242 g/mol. The Morgan fingerprint density at radius 1 is 1.65 bits per heavy atom. The van der Waals surface area contributed by atoms with Crippen LogP contribution in [0.2, 0.25) is 0 Å². The Labute approximate surface area is 95.0 Å². The van der Waals surface area contributed by atoms with Crippen molar-refractivity contribution in [2.24, 2.45) is 0 Å². The molecular formula is C10H11FN2O4. The number of aromatic nitrogens is 2. The molecule has 0 bridgehead atoms. The van der Waals surface area contributed by atoms with E-state index in [0.29, 0.717) is 0 Å². The van der Waals surface area contributed by atoms with Gasteiger partial charge in [0.15, 0.2) is 12.1 Å². The first-order valence-corrected chi connectivity index (χ1v) is 4.96. The zero-order chi connectivity index (χ0) is 12.6. The number of halogens is 1. The summed E-state index contributed by atoms with van der Waals surface area (Å²) in [5.41, 5.74) is -0.889. The Morgan fingerprint density at radius 3 is 2.94 bits per heavy atom. The minimum Gasteiger partial charge on any atom is -0.392 e. The number of aryl methyl sites for hydroxylation is 1. The average Bonchev–Trinajstić information content (AvgIpc) is 2.65. The van der Waals surface area contributed by atoms with E-state index in [9.17, 15) is 14.0 Å². The second-order valence-corrected chi connectivity index (χ2v) is 3.75. The van der Waals surface area contributed by atoms with E-state index in [2.05, 4.69) is 4.98 Å². The molecule has 0 fully saturated rings. The van der Waals surface area contributed by atoms with E-state index in [1.807, 2.05) is 0 Å². The summed E-state index contributed by atoms with van der Waals surface area (Å²) in [4.78, 5) is 24.7. The predicted octanol–water partition coefficient (Wildman–Crippen LogP) is -0.410. The zero-order valence-electron chi connectivity index (χ0n) is 9.07. The third-order valence-corrected chi connectivity index (χ3v) is 2.56. The highest BCUT2D eigenvalue weighted by Gasteiger charge is 2.28. The molecule has 1 aliphatic rings. The summed E-state index contributed by atoms with van der Waals surface area (Å²) in [7, 11) is 0. The van der Waals surface area contributed by atoms with E-state index in [1.54, 1.807) is 0 Å². The molecule has 1 aromatic rings. The summed E-state index contributed by atoms with van der Waals surface area (Å²) in [5, 5.41) is 8.85. The van der Waals surface area contributed by atoms with Gasteiger partial charge in [-0.05, 0) is 6.92 Å². The van der Waals surface area contributed by atoms with Crippen LogP contribution in [0, 0.1) is 6.92 Å². The van der Waals surface area contributed by atoms with Gasteiger partial charge in [-0.2, -0.15) is 0 Å². The van der Waals surface area contributed by atoms with Gasteiger partial charge in [0, 0.05) is 17.3 Å². The number of hydrogen-bond acceptors (Lipinski definition) is 4. The molecule has 0 unspecified atom stereocenters. The second kappa shape index (κ2) is 4.27. The van der Waals surface area contributed by atoms with Crippen molar-refractivity contribution in [1.29, 1.82) is 0 Å². The fourth-order valence-corrected chi connectivity index (χ4v) is 1.58. The normalized spacial score (nSPS) is 20.1. The predicted molar refractivity (Wildman–Crippen MR) is 56.3 cm³/mol. The lowest BCUT2D eigenvalue weighted by Gasteiger charge is -2.12. The number of nitrogens with zero attached hydrogens (tertiary/aromatic N) is 1. The van der Waals surface area contributed by atoms with Gasteiger partial charge in [0.05, 0.1) is 13.2 Å². The van der Waals surface area contributed by atoms with Gasteiger partial charge in [0.25, 0.3) is 5.56 Å². The summed E-state index contributed by atoms with van der Waals surface area (Å²) < 4.78 is 19.7. The summed E-state index contributed by atoms with van der Waals surface area (Å²) in [6, 6.07) is 0. The molecule has 17 heavy (non-hydrogen) atoms. The van der Waals surface area contributed by atoms with Gasteiger partial charge in [0.1, 0.15) is 0 Å². The first kappa shape index (κ1) is 11.7. The van der Waals surface area contributed by atoms with Crippen molar-refractivity contribution in [2.45, 2.75) is 13.2 Å². The van der Waals surface area contributed by atoms with E-state index in [1.165, 1.54) is 13.1 Å². The maximum Gasteiger partial charge on any atom is 0.330 e. The molecule has 1 atom stereocenters. The number of aliphatic hydroxyl groups is 1. The maximum absolute atomic E-state index is 13.7.